The van der Waals surface area contributed by atoms with Crippen molar-refractivity contribution in [3.8, 4) is 5.75 Å². The molecule has 156 valence electrons. The number of anilines is 1. The van der Waals surface area contributed by atoms with E-state index in [1.807, 2.05) is 0 Å². The number of phenolic OH excluding ortho intramolecular Hbond substituents is 1. The second kappa shape index (κ2) is 8.28. The predicted octanol–water partition coefficient (Wildman–Crippen LogP) is 3.40. The summed E-state index contributed by atoms with van der Waals surface area (Å²) in [6.07, 6.45) is 0. The first-order valence-corrected chi connectivity index (χ1v) is 10.7. The van der Waals surface area contributed by atoms with Gasteiger partial charge in [-0.25, -0.2) is 0 Å². The Morgan fingerprint density at radius 1 is 1.10 bits per heavy atom. The van der Waals surface area contributed by atoms with E-state index >= 15 is 0 Å². The molecule has 3 aromatic carbocycles. The third-order valence-corrected chi connectivity index (χ3v) is 5.47. The van der Waals surface area contributed by atoms with Gasteiger partial charge in [0.2, 0.25) is 5.91 Å². The lowest BCUT2D eigenvalue weighted by molar-refractivity contribution is -0.114. The highest BCUT2D eigenvalue weighted by atomic mass is 32.2. The number of hydrogen-bond acceptors (Lipinski definition) is 8. The lowest BCUT2D eigenvalue weighted by Gasteiger charge is -2.10. The fraction of sp³-hybridized carbons (Fsp3) is 0.0556. The number of nitrogens with zero attached hydrogens (tertiary/aromatic N) is 2. The topological polar surface area (TPSA) is 169 Å². The summed E-state index contributed by atoms with van der Waals surface area (Å²) in [7, 11) is -4.76. The largest absolute Gasteiger partial charge is 0.768 e. The Hall–Kier alpha value is -3.19. The molecule has 0 bridgehead atoms. The summed E-state index contributed by atoms with van der Waals surface area (Å²) in [4.78, 5) is 10.6. The normalized spacial score (nSPS) is 12.9. The van der Waals surface area contributed by atoms with Gasteiger partial charge in [-0.2, -0.15) is 13.5 Å². The molecule has 0 aliphatic heterocycles. The molecule has 0 heterocycles. The molecule has 3 aromatic rings. The highest BCUT2D eigenvalue weighted by Crippen LogP contribution is 2.42. The van der Waals surface area contributed by atoms with E-state index in [-0.39, 0.29) is 27.3 Å². The van der Waals surface area contributed by atoms with Crippen molar-refractivity contribution in [2.45, 2.75) is 16.7 Å². The predicted molar refractivity (Wildman–Crippen MR) is 108 cm³/mol. The summed E-state index contributed by atoms with van der Waals surface area (Å²) in [5, 5.41) is 21.2. The van der Waals surface area contributed by atoms with E-state index in [1.54, 1.807) is 0 Å². The van der Waals surface area contributed by atoms with Crippen LogP contribution in [0.5, 0.6) is 5.75 Å². The number of nitrogens with one attached hydrogen (secondary N) is 1. The van der Waals surface area contributed by atoms with Gasteiger partial charge in [-0.15, -0.1) is 5.11 Å². The maximum absolute atomic E-state index is 11.8. The van der Waals surface area contributed by atoms with Crippen molar-refractivity contribution in [2.24, 2.45) is 10.2 Å². The van der Waals surface area contributed by atoms with Crippen LogP contribution >= 0.6 is 0 Å². The Kier molecular flexibility index (Phi) is 5.94. The molecule has 12 heteroatoms. The van der Waals surface area contributed by atoms with Crippen LogP contribution in [0, 0.1) is 0 Å². The summed E-state index contributed by atoms with van der Waals surface area (Å²) in [5.74, 6) is -0.917. The van der Waals surface area contributed by atoms with Crippen LogP contribution in [0.3, 0.4) is 0 Å². The molecule has 0 saturated heterocycles. The SMILES string of the molecule is CC(=O)Nc1ccc2cc(S(=O)(=O)O)c(N=Nc3ccc(S(=O)[O-])cc3)c(O)c2c1. The molecule has 0 saturated carbocycles. The lowest BCUT2D eigenvalue weighted by Crippen LogP contribution is -2.05. The number of aromatic hydroxyl groups is 1. The summed E-state index contributed by atoms with van der Waals surface area (Å²) in [6.45, 7) is 1.30. The minimum absolute atomic E-state index is 0.0200. The molecule has 1 unspecified atom stereocenters. The van der Waals surface area contributed by atoms with Gasteiger partial charge < -0.3 is 15.0 Å². The highest BCUT2D eigenvalue weighted by Gasteiger charge is 2.22. The van der Waals surface area contributed by atoms with E-state index in [2.05, 4.69) is 15.5 Å². The maximum atomic E-state index is 11.8. The van der Waals surface area contributed by atoms with E-state index in [1.165, 1.54) is 49.4 Å². The Morgan fingerprint density at radius 3 is 2.33 bits per heavy atom. The summed E-state index contributed by atoms with van der Waals surface area (Å²) < 4.78 is 55.0. The Labute approximate surface area is 173 Å². The number of benzene rings is 3. The quantitative estimate of drug-likeness (QED) is 0.305. The number of hydrogen-bond donors (Lipinski definition) is 3. The molecule has 0 fully saturated rings. The Morgan fingerprint density at radius 2 is 1.77 bits per heavy atom. The highest BCUT2D eigenvalue weighted by molar-refractivity contribution is 7.86. The van der Waals surface area contributed by atoms with Gasteiger partial charge in [0.05, 0.1) is 5.69 Å². The summed E-state index contributed by atoms with van der Waals surface area (Å²) in [5.41, 5.74) is 0.0208. The van der Waals surface area contributed by atoms with Gasteiger partial charge in [0.1, 0.15) is 10.6 Å². The van der Waals surface area contributed by atoms with E-state index in [9.17, 15) is 31.6 Å². The van der Waals surface area contributed by atoms with Crippen LogP contribution in [0.4, 0.5) is 17.1 Å². The molecule has 10 nitrogen and oxygen atoms in total. The number of rotatable bonds is 5. The van der Waals surface area contributed by atoms with Gasteiger partial charge in [0.25, 0.3) is 10.1 Å². The molecule has 1 atom stereocenters. The van der Waals surface area contributed by atoms with Crippen molar-refractivity contribution in [1.29, 1.82) is 0 Å². The average molecular weight is 448 g/mol. The van der Waals surface area contributed by atoms with Crippen LogP contribution in [-0.2, 0) is 26.0 Å². The summed E-state index contributed by atoms with van der Waals surface area (Å²) in [6, 6.07) is 10.7. The Bertz CT molecular complexity index is 1300. The third kappa shape index (κ3) is 4.68. The van der Waals surface area contributed by atoms with Crippen molar-refractivity contribution in [3.05, 3.63) is 48.5 Å². The molecule has 0 aromatic heterocycles. The van der Waals surface area contributed by atoms with E-state index in [0.29, 0.717) is 5.69 Å². The molecule has 30 heavy (non-hydrogen) atoms. The second-order valence-corrected chi connectivity index (χ2v) is 8.42. The number of fused-ring (bicyclic) bond motifs is 1. The van der Waals surface area contributed by atoms with Gasteiger partial charge in [-0.1, -0.05) is 6.07 Å². The monoisotopic (exact) mass is 448 g/mol. The van der Waals surface area contributed by atoms with Crippen molar-refractivity contribution in [1.82, 2.24) is 0 Å². The van der Waals surface area contributed by atoms with Gasteiger partial charge >= 0.3 is 0 Å². The van der Waals surface area contributed by atoms with Crippen molar-refractivity contribution in [2.75, 3.05) is 5.32 Å². The van der Waals surface area contributed by atoms with E-state index in [4.69, 9.17) is 0 Å². The standard InChI is InChI=1S/C18H15N3O7S2/c1-10(22)19-13-3-2-11-8-16(30(26,27)28)17(18(23)15(11)9-13)21-20-12-4-6-14(7-5-12)29(24)25/h2-9,23H,1H3,(H,19,22)(H,24,25)(H,26,27,28)/p-1. The first kappa shape index (κ1) is 21.5. The minimum Gasteiger partial charge on any atom is -0.768 e. The van der Waals surface area contributed by atoms with Crippen LogP contribution in [0.1, 0.15) is 6.92 Å². The van der Waals surface area contributed by atoms with Gasteiger partial charge in [0.15, 0.2) is 5.75 Å². The molecule has 0 radical (unpaired) electrons. The van der Waals surface area contributed by atoms with Crippen molar-refractivity contribution < 1.29 is 31.6 Å². The molecule has 0 aliphatic carbocycles. The van der Waals surface area contributed by atoms with Crippen LogP contribution in [0.25, 0.3) is 10.8 Å². The minimum atomic E-state index is -4.76. The van der Waals surface area contributed by atoms with Crippen LogP contribution in [-0.4, -0.2) is 32.7 Å². The second-order valence-electron chi connectivity index (χ2n) is 6.09. The fourth-order valence-corrected chi connectivity index (χ4v) is 3.66. The van der Waals surface area contributed by atoms with E-state index < -0.39 is 37.5 Å². The number of carbonyl (C=O) groups is 1. The van der Waals surface area contributed by atoms with Crippen molar-refractivity contribution >= 4 is 54.9 Å². The third-order valence-electron chi connectivity index (χ3n) is 3.95. The first-order chi connectivity index (χ1) is 14.1. The first-order valence-electron chi connectivity index (χ1n) is 8.22. The van der Waals surface area contributed by atoms with Crippen LogP contribution in [0.2, 0.25) is 0 Å². The molecule has 1 amide bonds. The van der Waals surface area contributed by atoms with Gasteiger partial charge in [0, 0.05) is 22.9 Å². The zero-order chi connectivity index (χ0) is 22.1. The molecule has 3 rings (SSSR count). The summed E-state index contributed by atoms with van der Waals surface area (Å²) >= 11 is -2.42. The van der Waals surface area contributed by atoms with Crippen molar-refractivity contribution in [3.63, 3.8) is 0 Å². The lowest BCUT2D eigenvalue weighted by atomic mass is 10.1. The van der Waals surface area contributed by atoms with E-state index in [0.717, 1.165) is 6.07 Å². The average Bonchev–Trinajstić information content (AvgIpc) is 2.66. The fourth-order valence-electron chi connectivity index (χ4n) is 2.65. The van der Waals surface area contributed by atoms with Gasteiger partial charge in [-0.3, -0.25) is 13.6 Å². The number of phenols is 1. The zero-order valence-electron chi connectivity index (χ0n) is 15.3. The Balaban J connectivity index is 2.15. The number of azo groups is 1. The molecule has 3 N–H and O–H groups in total. The smallest absolute Gasteiger partial charge is 0.296 e. The molecular weight excluding hydrogens is 434 g/mol. The van der Waals surface area contributed by atoms with Crippen LogP contribution in [0.15, 0.2) is 68.6 Å². The van der Waals surface area contributed by atoms with Crippen LogP contribution < -0.4 is 5.32 Å². The molecule has 0 spiro atoms. The maximum Gasteiger partial charge on any atom is 0.296 e. The number of amides is 1. The molecular formula is C18H14N3O7S2-. The zero-order valence-corrected chi connectivity index (χ0v) is 16.9. The van der Waals surface area contributed by atoms with Gasteiger partial charge in [-0.05, 0) is 58.9 Å². The molecule has 0 aliphatic rings. The number of carbonyl (C=O) groups excluding carboxylic acids is 1.